The lowest BCUT2D eigenvalue weighted by molar-refractivity contribution is 0.0537. The fourth-order valence-corrected chi connectivity index (χ4v) is 2.64. The molecule has 1 N–H and O–H groups in total. The third-order valence-corrected chi connectivity index (χ3v) is 4.08. The van der Waals surface area contributed by atoms with Gasteiger partial charge in [-0.05, 0) is 40.5 Å². The molecule has 0 aliphatic carbocycles. The molecule has 1 fully saturated rings. The Kier molecular flexibility index (Phi) is 5.46. The topological polar surface area (TPSA) is 21.3 Å². The standard InChI is InChI=1S/C15H31NO/c1-6-7-8-9-15(10-11-17-13(15)2)12-16-14(3,4)5/h13,16H,6-12H2,1-5H3. The van der Waals surface area contributed by atoms with Crippen LogP contribution in [0.4, 0.5) is 0 Å². The Morgan fingerprint density at radius 1 is 1.29 bits per heavy atom. The number of rotatable bonds is 6. The molecule has 0 amide bonds. The van der Waals surface area contributed by atoms with E-state index in [9.17, 15) is 0 Å². The van der Waals surface area contributed by atoms with Gasteiger partial charge in [-0.1, -0.05) is 26.2 Å². The van der Waals surface area contributed by atoms with Crippen LogP contribution < -0.4 is 5.32 Å². The Labute approximate surface area is 108 Å². The molecule has 17 heavy (non-hydrogen) atoms. The molecule has 0 aromatic carbocycles. The molecule has 0 aromatic rings. The fourth-order valence-electron chi connectivity index (χ4n) is 2.64. The molecule has 102 valence electrons. The molecule has 0 aromatic heterocycles. The molecule has 1 heterocycles. The van der Waals surface area contributed by atoms with Crippen molar-refractivity contribution >= 4 is 0 Å². The van der Waals surface area contributed by atoms with E-state index in [-0.39, 0.29) is 5.54 Å². The van der Waals surface area contributed by atoms with Gasteiger partial charge in [-0.25, -0.2) is 0 Å². The van der Waals surface area contributed by atoms with Gasteiger partial charge in [-0.3, -0.25) is 0 Å². The van der Waals surface area contributed by atoms with E-state index in [1.54, 1.807) is 0 Å². The van der Waals surface area contributed by atoms with Crippen molar-refractivity contribution < 1.29 is 4.74 Å². The van der Waals surface area contributed by atoms with E-state index in [1.165, 1.54) is 32.1 Å². The minimum Gasteiger partial charge on any atom is -0.378 e. The van der Waals surface area contributed by atoms with E-state index >= 15 is 0 Å². The van der Waals surface area contributed by atoms with E-state index in [0.717, 1.165) is 13.2 Å². The lowest BCUT2D eigenvalue weighted by Gasteiger charge is -2.36. The summed E-state index contributed by atoms with van der Waals surface area (Å²) in [7, 11) is 0. The van der Waals surface area contributed by atoms with E-state index in [4.69, 9.17) is 4.74 Å². The Morgan fingerprint density at radius 3 is 2.47 bits per heavy atom. The van der Waals surface area contributed by atoms with Gasteiger partial charge in [0.1, 0.15) is 0 Å². The van der Waals surface area contributed by atoms with E-state index in [1.807, 2.05) is 0 Å². The average molecular weight is 241 g/mol. The van der Waals surface area contributed by atoms with Crippen LogP contribution >= 0.6 is 0 Å². The molecular formula is C15H31NO. The first kappa shape index (κ1) is 15.0. The Bertz CT molecular complexity index is 221. The second-order valence-corrected chi connectivity index (χ2v) is 6.69. The predicted octanol–water partition coefficient (Wildman–Crippen LogP) is 3.75. The van der Waals surface area contributed by atoms with Crippen molar-refractivity contribution in [2.24, 2.45) is 5.41 Å². The fraction of sp³-hybridized carbons (Fsp3) is 1.00. The third-order valence-electron chi connectivity index (χ3n) is 4.08. The Balaban J connectivity index is 2.53. The van der Waals surface area contributed by atoms with Crippen LogP contribution in [-0.2, 0) is 4.74 Å². The minimum atomic E-state index is 0.208. The van der Waals surface area contributed by atoms with Gasteiger partial charge < -0.3 is 10.1 Å². The molecule has 0 spiro atoms. The zero-order valence-corrected chi connectivity index (χ0v) is 12.4. The summed E-state index contributed by atoms with van der Waals surface area (Å²) < 4.78 is 5.82. The highest BCUT2D eigenvalue weighted by molar-refractivity contribution is 4.92. The SMILES string of the molecule is CCCCCC1(CNC(C)(C)C)CCOC1C. The van der Waals surface area contributed by atoms with E-state index < -0.39 is 0 Å². The van der Waals surface area contributed by atoms with Crippen molar-refractivity contribution in [1.82, 2.24) is 5.32 Å². The van der Waals surface area contributed by atoms with E-state index in [0.29, 0.717) is 11.5 Å². The number of nitrogens with one attached hydrogen (secondary N) is 1. The number of hydrogen-bond acceptors (Lipinski definition) is 2. The summed E-state index contributed by atoms with van der Waals surface area (Å²) in [5.41, 5.74) is 0.586. The predicted molar refractivity (Wildman–Crippen MR) is 74.4 cm³/mol. The molecule has 0 radical (unpaired) electrons. The number of unbranched alkanes of at least 4 members (excludes halogenated alkanes) is 2. The third kappa shape index (κ3) is 4.59. The van der Waals surface area contributed by atoms with Gasteiger partial charge in [0.15, 0.2) is 0 Å². The van der Waals surface area contributed by atoms with Crippen LogP contribution in [0.5, 0.6) is 0 Å². The quantitative estimate of drug-likeness (QED) is 0.715. The van der Waals surface area contributed by atoms with Crippen LogP contribution in [-0.4, -0.2) is 24.8 Å². The normalized spacial score (nSPS) is 29.8. The van der Waals surface area contributed by atoms with Crippen LogP contribution in [0.3, 0.4) is 0 Å². The molecule has 2 nitrogen and oxygen atoms in total. The smallest absolute Gasteiger partial charge is 0.0616 e. The Hall–Kier alpha value is -0.0800. The van der Waals surface area contributed by atoms with Crippen LogP contribution in [0.1, 0.15) is 66.7 Å². The van der Waals surface area contributed by atoms with Crippen LogP contribution in [0, 0.1) is 5.41 Å². The first-order chi connectivity index (χ1) is 7.90. The summed E-state index contributed by atoms with van der Waals surface area (Å²) >= 11 is 0. The minimum absolute atomic E-state index is 0.208. The van der Waals surface area contributed by atoms with Crippen LogP contribution in [0.2, 0.25) is 0 Å². The van der Waals surface area contributed by atoms with E-state index in [2.05, 4.69) is 39.9 Å². The second kappa shape index (κ2) is 6.19. The maximum absolute atomic E-state index is 5.82. The second-order valence-electron chi connectivity index (χ2n) is 6.69. The zero-order chi connectivity index (χ0) is 12.9. The lowest BCUT2D eigenvalue weighted by Crippen LogP contribution is -2.46. The Morgan fingerprint density at radius 2 is 2.00 bits per heavy atom. The summed E-state index contributed by atoms with van der Waals surface area (Å²) in [6.07, 6.45) is 6.94. The highest BCUT2D eigenvalue weighted by Crippen LogP contribution is 2.39. The highest BCUT2D eigenvalue weighted by Gasteiger charge is 2.41. The van der Waals surface area contributed by atoms with Crippen molar-refractivity contribution in [1.29, 1.82) is 0 Å². The van der Waals surface area contributed by atoms with Crippen molar-refractivity contribution in [3.63, 3.8) is 0 Å². The highest BCUT2D eigenvalue weighted by atomic mass is 16.5. The molecule has 1 aliphatic rings. The first-order valence-corrected chi connectivity index (χ1v) is 7.26. The summed E-state index contributed by atoms with van der Waals surface area (Å²) in [5.74, 6) is 0. The van der Waals surface area contributed by atoms with Gasteiger partial charge in [0.05, 0.1) is 6.10 Å². The molecular weight excluding hydrogens is 210 g/mol. The van der Waals surface area contributed by atoms with Gasteiger partial charge in [0, 0.05) is 24.1 Å². The summed E-state index contributed by atoms with van der Waals surface area (Å²) in [6.45, 7) is 13.3. The van der Waals surface area contributed by atoms with Crippen LogP contribution in [0.15, 0.2) is 0 Å². The largest absolute Gasteiger partial charge is 0.378 e. The van der Waals surface area contributed by atoms with Crippen LogP contribution in [0.25, 0.3) is 0 Å². The molecule has 1 aliphatic heterocycles. The summed E-state index contributed by atoms with van der Waals surface area (Å²) in [6, 6.07) is 0. The molecule has 2 unspecified atom stereocenters. The molecule has 1 saturated heterocycles. The average Bonchev–Trinajstić information content (AvgIpc) is 2.58. The van der Waals surface area contributed by atoms with Crippen molar-refractivity contribution in [3.05, 3.63) is 0 Å². The van der Waals surface area contributed by atoms with Gasteiger partial charge in [0.2, 0.25) is 0 Å². The number of ether oxygens (including phenoxy) is 1. The molecule has 0 bridgehead atoms. The molecule has 0 saturated carbocycles. The summed E-state index contributed by atoms with van der Waals surface area (Å²) in [4.78, 5) is 0. The van der Waals surface area contributed by atoms with Gasteiger partial charge >= 0.3 is 0 Å². The zero-order valence-electron chi connectivity index (χ0n) is 12.4. The first-order valence-electron chi connectivity index (χ1n) is 7.26. The van der Waals surface area contributed by atoms with Gasteiger partial charge in [-0.2, -0.15) is 0 Å². The van der Waals surface area contributed by atoms with Crippen molar-refractivity contribution in [2.45, 2.75) is 78.4 Å². The maximum atomic E-state index is 5.82. The summed E-state index contributed by atoms with van der Waals surface area (Å²) in [5, 5.41) is 3.68. The monoisotopic (exact) mass is 241 g/mol. The maximum Gasteiger partial charge on any atom is 0.0616 e. The van der Waals surface area contributed by atoms with Crippen molar-refractivity contribution in [2.75, 3.05) is 13.2 Å². The lowest BCUT2D eigenvalue weighted by atomic mass is 9.76. The number of hydrogen-bond donors (Lipinski definition) is 1. The van der Waals surface area contributed by atoms with Gasteiger partial charge in [0.25, 0.3) is 0 Å². The molecule has 1 rings (SSSR count). The molecule has 2 heteroatoms. The molecule has 2 atom stereocenters. The van der Waals surface area contributed by atoms with Gasteiger partial charge in [-0.15, -0.1) is 0 Å². The van der Waals surface area contributed by atoms with Crippen molar-refractivity contribution in [3.8, 4) is 0 Å².